The van der Waals surface area contributed by atoms with E-state index in [9.17, 15) is 4.79 Å². The summed E-state index contributed by atoms with van der Waals surface area (Å²) in [6, 6.07) is 21.6. The minimum absolute atomic E-state index is 0.160. The van der Waals surface area contributed by atoms with E-state index in [0.717, 1.165) is 48.7 Å². The van der Waals surface area contributed by atoms with Crippen LogP contribution in [0.4, 0.5) is 0 Å². The van der Waals surface area contributed by atoms with Gasteiger partial charge in [-0.25, -0.2) is 0 Å². The zero-order chi connectivity index (χ0) is 20.3. The number of carbonyl (C=O) groups excluding carboxylic acids is 1. The fourth-order valence-electron chi connectivity index (χ4n) is 5.28. The number of carbonyl (C=O) groups is 1. The molecule has 2 fully saturated rings. The van der Waals surface area contributed by atoms with Crippen molar-refractivity contribution >= 4 is 16.8 Å². The van der Waals surface area contributed by atoms with Crippen LogP contribution < -0.4 is 5.32 Å². The quantitative estimate of drug-likeness (QED) is 0.700. The molecular formula is C26H29N3O. The van der Waals surface area contributed by atoms with Crippen LogP contribution in [0.25, 0.3) is 10.9 Å². The van der Waals surface area contributed by atoms with E-state index >= 15 is 0 Å². The molecule has 0 radical (unpaired) electrons. The predicted molar refractivity (Wildman–Crippen MR) is 121 cm³/mol. The Morgan fingerprint density at radius 1 is 1.00 bits per heavy atom. The molecule has 1 N–H and O–H groups in total. The third-order valence-corrected chi connectivity index (χ3v) is 6.72. The summed E-state index contributed by atoms with van der Waals surface area (Å²) in [6.07, 6.45) is 8.50. The Hall–Kier alpha value is -2.72. The van der Waals surface area contributed by atoms with Gasteiger partial charge in [0.05, 0.1) is 5.52 Å². The molecule has 3 atom stereocenters. The second-order valence-electron chi connectivity index (χ2n) is 8.69. The van der Waals surface area contributed by atoms with Gasteiger partial charge in [0.1, 0.15) is 0 Å². The van der Waals surface area contributed by atoms with Crippen LogP contribution in [-0.4, -0.2) is 40.5 Å². The van der Waals surface area contributed by atoms with Gasteiger partial charge >= 0.3 is 0 Å². The maximum absolute atomic E-state index is 13.8. The second kappa shape index (κ2) is 8.57. The third kappa shape index (κ3) is 3.84. The molecule has 3 heterocycles. The average Bonchev–Trinajstić information content (AvgIpc) is 3.15. The van der Waals surface area contributed by atoms with Crippen molar-refractivity contribution in [3.05, 3.63) is 78.0 Å². The molecule has 0 saturated carbocycles. The lowest BCUT2D eigenvalue weighted by Gasteiger charge is -2.35. The Kier molecular flexibility index (Phi) is 5.50. The van der Waals surface area contributed by atoms with Crippen molar-refractivity contribution < 1.29 is 4.79 Å². The molecule has 3 aromatic rings. The number of nitrogens with zero attached hydrogens (tertiary/aromatic N) is 2. The third-order valence-electron chi connectivity index (χ3n) is 6.72. The summed E-state index contributed by atoms with van der Waals surface area (Å²) < 4.78 is 0. The average molecular weight is 400 g/mol. The van der Waals surface area contributed by atoms with Gasteiger partial charge in [0, 0.05) is 41.8 Å². The van der Waals surface area contributed by atoms with E-state index in [0.29, 0.717) is 12.1 Å². The first-order valence-electron chi connectivity index (χ1n) is 11.2. The van der Waals surface area contributed by atoms with Gasteiger partial charge in [-0.15, -0.1) is 0 Å². The molecule has 1 aromatic heterocycles. The molecule has 0 spiro atoms. The zero-order valence-corrected chi connectivity index (χ0v) is 17.3. The molecule has 0 bridgehead atoms. The zero-order valence-electron chi connectivity index (χ0n) is 17.3. The summed E-state index contributed by atoms with van der Waals surface area (Å²) in [7, 11) is 0. The van der Waals surface area contributed by atoms with Crippen LogP contribution in [-0.2, 0) is 6.42 Å². The summed E-state index contributed by atoms with van der Waals surface area (Å²) >= 11 is 0. The van der Waals surface area contributed by atoms with Crippen molar-refractivity contribution in [3.63, 3.8) is 0 Å². The normalized spacial score (nSPS) is 24.3. The first-order chi connectivity index (χ1) is 14.8. The van der Waals surface area contributed by atoms with Crippen LogP contribution in [0.1, 0.15) is 48.0 Å². The summed E-state index contributed by atoms with van der Waals surface area (Å²) in [4.78, 5) is 20.4. The molecule has 1 amide bonds. The number of aromatic nitrogens is 1. The van der Waals surface area contributed by atoms with E-state index in [-0.39, 0.29) is 11.9 Å². The van der Waals surface area contributed by atoms with Gasteiger partial charge < -0.3 is 10.2 Å². The number of nitrogens with one attached hydrogen (secondary N) is 1. The van der Waals surface area contributed by atoms with Gasteiger partial charge in [0.2, 0.25) is 0 Å². The topological polar surface area (TPSA) is 45.2 Å². The lowest BCUT2D eigenvalue weighted by atomic mass is 9.95. The lowest BCUT2D eigenvalue weighted by Crippen LogP contribution is -2.48. The molecule has 0 aliphatic carbocycles. The molecule has 5 rings (SSSR count). The fourth-order valence-corrected chi connectivity index (χ4v) is 5.28. The number of hydrogen-bond acceptors (Lipinski definition) is 3. The summed E-state index contributed by atoms with van der Waals surface area (Å²) in [5.74, 6) is 0.160. The molecule has 2 aliphatic rings. The summed E-state index contributed by atoms with van der Waals surface area (Å²) in [5.41, 5.74) is 3.03. The Morgan fingerprint density at radius 3 is 2.80 bits per heavy atom. The fraction of sp³-hybridized carbons (Fsp3) is 0.385. The Labute approximate surface area is 178 Å². The van der Waals surface area contributed by atoms with Crippen molar-refractivity contribution in [1.82, 2.24) is 15.2 Å². The molecule has 0 unspecified atom stereocenters. The second-order valence-corrected chi connectivity index (χ2v) is 8.69. The van der Waals surface area contributed by atoms with E-state index in [1.165, 1.54) is 18.4 Å². The number of benzene rings is 2. The van der Waals surface area contributed by atoms with Gasteiger partial charge in [-0.3, -0.25) is 9.78 Å². The van der Waals surface area contributed by atoms with Gasteiger partial charge in [-0.1, -0.05) is 55.3 Å². The number of amides is 1. The molecular weight excluding hydrogens is 370 g/mol. The van der Waals surface area contributed by atoms with Crippen LogP contribution >= 0.6 is 0 Å². The standard InChI is InChI=1S/C26H29N3O/c30-26(22-11-7-14-23-21(22)12-8-15-27-23)29-16-6-2-5-13-24-25(29)18-20(28-24)17-19-9-3-1-4-10-19/h1,3-4,7-12,14-15,20,24-25,28H,2,5-6,13,16-18H2/t20-,24-,25+/m1/s1. The van der Waals surface area contributed by atoms with E-state index in [1.807, 2.05) is 30.3 Å². The molecule has 2 aliphatic heterocycles. The molecule has 4 heteroatoms. The van der Waals surface area contributed by atoms with Gasteiger partial charge in [-0.2, -0.15) is 0 Å². The maximum Gasteiger partial charge on any atom is 0.254 e. The Balaban J connectivity index is 1.42. The van der Waals surface area contributed by atoms with E-state index in [4.69, 9.17) is 0 Å². The van der Waals surface area contributed by atoms with Gasteiger partial charge in [-0.05, 0) is 49.4 Å². The highest BCUT2D eigenvalue weighted by molar-refractivity contribution is 6.06. The molecule has 4 nitrogen and oxygen atoms in total. The monoisotopic (exact) mass is 399 g/mol. The van der Waals surface area contributed by atoms with Crippen LogP contribution in [0.15, 0.2) is 66.9 Å². The molecule has 30 heavy (non-hydrogen) atoms. The number of fused-ring (bicyclic) bond motifs is 2. The molecule has 2 aromatic carbocycles. The van der Waals surface area contributed by atoms with Crippen molar-refractivity contribution in [2.75, 3.05) is 6.54 Å². The first-order valence-corrected chi connectivity index (χ1v) is 11.2. The minimum atomic E-state index is 0.160. The highest BCUT2D eigenvalue weighted by Crippen LogP contribution is 2.30. The van der Waals surface area contributed by atoms with Crippen LogP contribution in [0.5, 0.6) is 0 Å². The van der Waals surface area contributed by atoms with E-state index in [1.54, 1.807) is 6.20 Å². The predicted octanol–water partition coefficient (Wildman–Crippen LogP) is 4.59. The van der Waals surface area contributed by atoms with E-state index < -0.39 is 0 Å². The van der Waals surface area contributed by atoms with Crippen LogP contribution in [0.2, 0.25) is 0 Å². The Morgan fingerprint density at radius 2 is 1.90 bits per heavy atom. The van der Waals surface area contributed by atoms with Crippen molar-refractivity contribution in [1.29, 1.82) is 0 Å². The number of pyridine rings is 1. The highest BCUT2D eigenvalue weighted by atomic mass is 16.2. The largest absolute Gasteiger partial charge is 0.334 e. The first kappa shape index (κ1) is 19.3. The minimum Gasteiger partial charge on any atom is -0.334 e. The molecule has 2 saturated heterocycles. The van der Waals surface area contributed by atoms with E-state index in [2.05, 4.69) is 45.5 Å². The maximum atomic E-state index is 13.8. The molecule has 154 valence electrons. The SMILES string of the molecule is O=C(c1cccc2ncccc12)N1CCCCC[C@H]2N[C@H](Cc3ccccc3)C[C@@H]21. The summed E-state index contributed by atoms with van der Waals surface area (Å²) in [6.45, 7) is 0.844. The van der Waals surface area contributed by atoms with Gasteiger partial charge in [0.25, 0.3) is 5.91 Å². The number of rotatable bonds is 3. The van der Waals surface area contributed by atoms with Crippen LogP contribution in [0.3, 0.4) is 0 Å². The smallest absolute Gasteiger partial charge is 0.254 e. The van der Waals surface area contributed by atoms with Crippen molar-refractivity contribution in [3.8, 4) is 0 Å². The Bertz CT molecular complexity index is 1010. The highest BCUT2D eigenvalue weighted by Gasteiger charge is 2.39. The van der Waals surface area contributed by atoms with Crippen LogP contribution in [0, 0.1) is 0 Å². The van der Waals surface area contributed by atoms with Crippen molar-refractivity contribution in [2.24, 2.45) is 0 Å². The van der Waals surface area contributed by atoms with Crippen molar-refractivity contribution in [2.45, 2.75) is 56.7 Å². The summed E-state index contributed by atoms with van der Waals surface area (Å²) in [5, 5.41) is 4.83. The number of hydrogen-bond donors (Lipinski definition) is 1. The lowest BCUT2D eigenvalue weighted by molar-refractivity contribution is 0.0641. The van der Waals surface area contributed by atoms with Gasteiger partial charge in [0.15, 0.2) is 0 Å². The number of likely N-dealkylation sites (tertiary alicyclic amines) is 1.